The molecule has 0 heterocycles. The van der Waals surface area contributed by atoms with Crippen LogP contribution in [0.4, 0.5) is 4.39 Å². The van der Waals surface area contributed by atoms with E-state index in [9.17, 15) is 9.18 Å². The number of halogens is 1. The van der Waals surface area contributed by atoms with E-state index in [0.29, 0.717) is 18.7 Å². The summed E-state index contributed by atoms with van der Waals surface area (Å²) in [6.45, 7) is 1.39. The normalized spacial score (nSPS) is 10.7. The highest BCUT2D eigenvalue weighted by Gasteiger charge is 2.06. The summed E-state index contributed by atoms with van der Waals surface area (Å²) in [5, 5.41) is 0. The first kappa shape index (κ1) is 15.2. The van der Waals surface area contributed by atoms with Gasteiger partial charge in [-0.2, -0.15) is 0 Å². The van der Waals surface area contributed by atoms with E-state index in [1.165, 1.54) is 12.1 Å². The van der Waals surface area contributed by atoms with Crippen molar-refractivity contribution in [3.05, 3.63) is 71.0 Å². The summed E-state index contributed by atoms with van der Waals surface area (Å²) < 4.78 is 12.9. The molecule has 2 aromatic rings. The number of amides is 1. The second kappa shape index (κ2) is 6.97. The molecule has 0 radical (unpaired) electrons. The van der Waals surface area contributed by atoms with Crippen LogP contribution in [0.5, 0.6) is 0 Å². The van der Waals surface area contributed by atoms with Crippen LogP contribution in [0.15, 0.2) is 48.5 Å². The summed E-state index contributed by atoms with van der Waals surface area (Å²) in [7, 11) is 1.97. The minimum Gasteiger partial charge on any atom is -0.298 e. The molecule has 0 bridgehead atoms. The van der Waals surface area contributed by atoms with Gasteiger partial charge in [-0.05, 0) is 42.4 Å². The molecule has 2 aromatic carbocycles. The van der Waals surface area contributed by atoms with Crippen molar-refractivity contribution < 1.29 is 9.18 Å². The number of nitrogens with zero attached hydrogens (tertiary/aromatic N) is 1. The average Bonchev–Trinajstić information content (AvgIpc) is 2.49. The highest BCUT2D eigenvalue weighted by Crippen LogP contribution is 2.11. The van der Waals surface area contributed by atoms with E-state index in [1.54, 1.807) is 18.2 Å². The molecule has 110 valence electrons. The molecular formula is C16H18FN3O. The second-order valence-electron chi connectivity index (χ2n) is 4.97. The Bertz CT molecular complexity index is 613. The average molecular weight is 287 g/mol. The molecule has 5 heteroatoms. The number of nitrogens with one attached hydrogen (secondary N) is 1. The van der Waals surface area contributed by atoms with Gasteiger partial charge in [0.2, 0.25) is 0 Å². The SMILES string of the molecule is CN(Cc1ccc(F)cc1)Cc1cccc(C(=O)NN)c1. The zero-order chi connectivity index (χ0) is 15.2. The Labute approximate surface area is 123 Å². The summed E-state index contributed by atoms with van der Waals surface area (Å²) >= 11 is 0. The molecule has 0 saturated carbocycles. The van der Waals surface area contributed by atoms with Gasteiger partial charge < -0.3 is 0 Å². The van der Waals surface area contributed by atoms with Crippen LogP contribution >= 0.6 is 0 Å². The fraction of sp³-hybridized carbons (Fsp3) is 0.188. The lowest BCUT2D eigenvalue weighted by Crippen LogP contribution is -2.30. The van der Waals surface area contributed by atoms with Crippen LogP contribution in [0.2, 0.25) is 0 Å². The Balaban J connectivity index is 2.00. The number of rotatable bonds is 5. The highest BCUT2D eigenvalue weighted by atomic mass is 19.1. The van der Waals surface area contributed by atoms with E-state index in [4.69, 9.17) is 5.84 Å². The van der Waals surface area contributed by atoms with Crippen molar-refractivity contribution in [3.8, 4) is 0 Å². The van der Waals surface area contributed by atoms with E-state index in [2.05, 4.69) is 10.3 Å². The van der Waals surface area contributed by atoms with Gasteiger partial charge in [-0.25, -0.2) is 10.2 Å². The summed E-state index contributed by atoms with van der Waals surface area (Å²) in [4.78, 5) is 13.6. The predicted octanol–water partition coefficient (Wildman–Crippen LogP) is 2.06. The lowest BCUT2D eigenvalue weighted by Gasteiger charge is -2.17. The first-order chi connectivity index (χ1) is 10.1. The number of nitrogens with two attached hydrogens (primary N) is 1. The lowest BCUT2D eigenvalue weighted by molar-refractivity contribution is 0.0953. The number of hydrazine groups is 1. The van der Waals surface area contributed by atoms with Crippen molar-refractivity contribution in [1.82, 2.24) is 10.3 Å². The van der Waals surface area contributed by atoms with E-state index in [-0.39, 0.29) is 11.7 Å². The van der Waals surface area contributed by atoms with E-state index >= 15 is 0 Å². The van der Waals surface area contributed by atoms with Crippen LogP contribution in [0.25, 0.3) is 0 Å². The van der Waals surface area contributed by atoms with Gasteiger partial charge in [0.1, 0.15) is 5.82 Å². The fourth-order valence-corrected chi connectivity index (χ4v) is 2.16. The van der Waals surface area contributed by atoms with Gasteiger partial charge >= 0.3 is 0 Å². The molecule has 4 nitrogen and oxygen atoms in total. The Morgan fingerprint density at radius 1 is 1.14 bits per heavy atom. The quantitative estimate of drug-likeness (QED) is 0.503. The van der Waals surface area contributed by atoms with Crippen molar-refractivity contribution in [3.63, 3.8) is 0 Å². The Kier molecular flexibility index (Phi) is 5.03. The third-order valence-electron chi connectivity index (χ3n) is 3.14. The van der Waals surface area contributed by atoms with Crippen LogP contribution in [0, 0.1) is 5.82 Å². The van der Waals surface area contributed by atoms with Crippen LogP contribution in [-0.2, 0) is 13.1 Å². The van der Waals surface area contributed by atoms with Gasteiger partial charge in [0.05, 0.1) is 0 Å². The van der Waals surface area contributed by atoms with Crippen LogP contribution in [-0.4, -0.2) is 17.9 Å². The van der Waals surface area contributed by atoms with Gasteiger partial charge in [-0.1, -0.05) is 24.3 Å². The second-order valence-corrected chi connectivity index (χ2v) is 4.97. The largest absolute Gasteiger partial charge is 0.298 e. The van der Waals surface area contributed by atoms with E-state index in [0.717, 1.165) is 11.1 Å². The Morgan fingerprint density at radius 2 is 1.81 bits per heavy atom. The van der Waals surface area contributed by atoms with Crippen LogP contribution < -0.4 is 11.3 Å². The molecule has 0 aromatic heterocycles. The third-order valence-corrected chi connectivity index (χ3v) is 3.14. The molecule has 0 spiro atoms. The summed E-state index contributed by atoms with van der Waals surface area (Å²) in [6.07, 6.45) is 0. The van der Waals surface area contributed by atoms with Crippen molar-refractivity contribution in [1.29, 1.82) is 0 Å². The van der Waals surface area contributed by atoms with Gasteiger partial charge in [0.15, 0.2) is 0 Å². The molecule has 0 unspecified atom stereocenters. The molecule has 1 amide bonds. The molecule has 0 fully saturated rings. The number of nitrogen functional groups attached to an aromatic ring is 1. The van der Waals surface area contributed by atoms with E-state index in [1.807, 2.05) is 25.2 Å². The number of benzene rings is 2. The number of hydrogen-bond donors (Lipinski definition) is 2. The molecule has 0 saturated heterocycles. The molecule has 0 aliphatic carbocycles. The Hall–Kier alpha value is -2.24. The molecule has 3 N–H and O–H groups in total. The smallest absolute Gasteiger partial charge is 0.265 e. The molecule has 0 aliphatic rings. The van der Waals surface area contributed by atoms with Crippen molar-refractivity contribution in [2.24, 2.45) is 5.84 Å². The van der Waals surface area contributed by atoms with Crippen molar-refractivity contribution in [2.45, 2.75) is 13.1 Å². The summed E-state index contributed by atoms with van der Waals surface area (Å²) in [6, 6.07) is 13.7. The first-order valence-corrected chi connectivity index (χ1v) is 6.61. The monoisotopic (exact) mass is 287 g/mol. The standard InChI is InChI=1S/C16H18FN3O/c1-20(10-12-5-7-15(17)8-6-12)11-13-3-2-4-14(9-13)16(21)19-18/h2-9H,10-11,18H2,1H3,(H,19,21). The van der Waals surface area contributed by atoms with Crippen LogP contribution in [0.3, 0.4) is 0 Å². The van der Waals surface area contributed by atoms with Gasteiger partial charge in [0, 0.05) is 18.7 Å². The maximum absolute atomic E-state index is 12.9. The van der Waals surface area contributed by atoms with Gasteiger partial charge in [-0.15, -0.1) is 0 Å². The maximum atomic E-state index is 12.9. The molecular weight excluding hydrogens is 269 g/mol. The van der Waals surface area contributed by atoms with Crippen LogP contribution in [0.1, 0.15) is 21.5 Å². The topological polar surface area (TPSA) is 58.4 Å². The van der Waals surface area contributed by atoms with Crippen molar-refractivity contribution in [2.75, 3.05) is 7.05 Å². The fourth-order valence-electron chi connectivity index (χ4n) is 2.16. The number of carbonyl (C=O) groups is 1. The Morgan fingerprint density at radius 3 is 2.48 bits per heavy atom. The molecule has 21 heavy (non-hydrogen) atoms. The zero-order valence-electron chi connectivity index (χ0n) is 11.8. The molecule has 0 aliphatic heterocycles. The third kappa shape index (κ3) is 4.37. The molecule has 0 atom stereocenters. The summed E-state index contributed by atoms with van der Waals surface area (Å²) in [5.74, 6) is 4.59. The minimum atomic E-state index is -0.307. The number of carbonyl (C=O) groups excluding carboxylic acids is 1. The predicted molar refractivity (Wildman–Crippen MR) is 79.7 cm³/mol. The first-order valence-electron chi connectivity index (χ1n) is 6.61. The summed E-state index contributed by atoms with van der Waals surface area (Å²) in [5.41, 5.74) is 4.70. The highest BCUT2D eigenvalue weighted by molar-refractivity contribution is 5.93. The zero-order valence-corrected chi connectivity index (χ0v) is 11.8. The lowest BCUT2D eigenvalue weighted by atomic mass is 10.1. The molecule has 2 rings (SSSR count). The van der Waals surface area contributed by atoms with Gasteiger partial charge in [0.25, 0.3) is 5.91 Å². The van der Waals surface area contributed by atoms with Crippen molar-refractivity contribution >= 4 is 5.91 Å². The van der Waals surface area contributed by atoms with E-state index < -0.39 is 0 Å². The number of hydrogen-bond acceptors (Lipinski definition) is 3. The minimum absolute atomic E-state index is 0.234. The van der Waals surface area contributed by atoms with Gasteiger partial charge in [-0.3, -0.25) is 15.1 Å². The maximum Gasteiger partial charge on any atom is 0.265 e.